The molecule has 5 nitrogen and oxygen atoms in total. The second kappa shape index (κ2) is 8.22. The third kappa shape index (κ3) is 4.38. The third-order valence-corrected chi connectivity index (χ3v) is 8.01. The smallest absolute Gasteiger partial charge is 0.251 e. The Kier molecular flexibility index (Phi) is 5.91. The largest absolute Gasteiger partial charge is 0.369 e. The fourth-order valence-corrected chi connectivity index (χ4v) is 5.37. The van der Waals surface area contributed by atoms with Gasteiger partial charge in [-0.1, -0.05) is 42.3 Å². The maximum absolute atomic E-state index is 13.5. The Morgan fingerprint density at radius 2 is 1.77 bits per heavy atom. The summed E-state index contributed by atoms with van der Waals surface area (Å²) in [6, 6.07) is 8.46. The Morgan fingerprint density at radius 1 is 1.13 bits per heavy atom. The molecule has 1 saturated heterocycles. The first-order valence-electron chi connectivity index (χ1n) is 9.88. The van der Waals surface area contributed by atoms with Gasteiger partial charge in [0.15, 0.2) is 9.84 Å². The zero-order valence-electron chi connectivity index (χ0n) is 16.8. The summed E-state index contributed by atoms with van der Waals surface area (Å²) < 4.78 is 52.9. The van der Waals surface area contributed by atoms with Crippen LogP contribution in [-0.4, -0.2) is 42.7 Å². The first-order valence-corrected chi connectivity index (χ1v) is 12.3. The van der Waals surface area contributed by atoms with E-state index in [1.807, 2.05) is 4.57 Å². The number of piperidine rings is 1. The lowest BCUT2D eigenvalue weighted by molar-refractivity contribution is -0.0220. The Morgan fingerprint density at radius 3 is 2.39 bits per heavy atom. The van der Waals surface area contributed by atoms with E-state index in [0.29, 0.717) is 33.3 Å². The molecule has 2 aromatic carbocycles. The van der Waals surface area contributed by atoms with E-state index >= 15 is 0 Å². The molecule has 1 aliphatic rings. The molecule has 2 heterocycles. The first-order chi connectivity index (χ1) is 14.6. The zero-order chi connectivity index (χ0) is 22.4. The number of alkyl halides is 2. The van der Waals surface area contributed by atoms with Gasteiger partial charge in [-0.15, -0.1) is 0 Å². The molecule has 0 bridgehead atoms. The molecule has 166 valence electrons. The van der Waals surface area contributed by atoms with Crippen LogP contribution in [0.2, 0.25) is 10.0 Å². The lowest BCUT2D eigenvalue weighted by atomic mass is 10.1. The Hall–Kier alpha value is -1.90. The van der Waals surface area contributed by atoms with Gasteiger partial charge in [-0.2, -0.15) is 0 Å². The summed E-state index contributed by atoms with van der Waals surface area (Å²) in [5.74, 6) is -2.61. The van der Waals surface area contributed by atoms with Crippen LogP contribution in [0.25, 0.3) is 11.0 Å². The lowest BCUT2D eigenvalue weighted by Crippen LogP contribution is -2.39. The molecule has 1 fully saturated rings. The van der Waals surface area contributed by atoms with E-state index in [2.05, 4.69) is 4.98 Å². The van der Waals surface area contributed by atoms with Crippen molar-refractivity contribution in [2.45, 2.75) is 37.1 Å². The molecule has 10 heteroatoms. The van der Waals surface area contributed by atoms with Crippen LogP contribution in [0.5, 0.6) is 0 Å². The SMILES string of the molecule is CCS(=O)(=O)c1ccc(Cn2cnc3c(Cl)c(N4CCC(F)(F)CC4)c(Cl)cc32)cc1. The normalized spacial score (nSPS) is 16.7. The average Bonchev–Trinajstić information content (AvgIpc) is 3.12. The van der Waals surface area contributed by atoms with Gasteiger partial charge in [0, 0.05) is 32.5 Å². The predicted molar refractivity (Wildman–Crippen MR) is 119 cm³/mol. The molecule has 1 aromatic heterocycles. The van der Waals surface area contributed by atoms with Gasteiger partial charge >= 0.3 is 0 Å². The molecule has 0 radical (unpaired) electrons. The molecule has 0 amide bonds. The second-order valence-electron chi connectivity index (χ2n) is 7.65. The van der Waals surface area contributed by atoms with E-state index in [0.717, 1.165) is 5.56 Å². The highest BCUT2D eigenvalue weighted by atomic mass is 35.5. The van der Waals surface area contributed by atoms with Crippen molar-refractivity contribution in [3.05, 3.63) is 52.3 Å². The number of rotatable bonds is 5. The van der Waals surface area contributed by atoms with Gasteiger partial charge in [-0.3, -0.25) is 0 Å². The highest BCUT2D eigenvalue weighted by Crippen LogP contribution is 2.42. The predicted octanol–water partition coefficient (Wildman–Crippen LogP) is 5.42. The van der Waals surface area contributed by atoms with Crippen molar-refractivity contribution >= 4 is 49.8 Å². The first kappa shape index (κ1) is 22.3. The number of nitrogens with zero attached hydrogens (tertiary/aromatic N) is 3. The molecule has 0 saturated carbocycles. The van der Waals surface area contributed by atoms with Gasteiger partial charge in [0.2, 0.25) is 0 Å². The molecular weight excluding hydrogens is 467 g/mol. The van der Waals surface area contributed by atoms with Crippen molar-refractivity contribution in [2.24, 2.45) is 0 Å². The van der Waals surface area contributed by atoms with Gasteiger partial charge in [-0.05, 0) is 23.8 Å². The summed E-state index contributed by atoms with van der Waals surface area (Å²) in [6.45, 7) is 2.40. The average molecular weight is 488 g/mol. The number of hydrogen-bond acceptors (Lipinski definition) is 4. The van der Waals surface area contributed by atoms with Crippen LogP contribution in [0, 0.1) is 0 Å². The number of hydrogen-bond donors (Lipinski definition) is 0. The van der Waals surface area contributed by atoms with Crippen molar-refractivity contribution in [1.82, 2.24) is 9.55 Å². The molecule has 4 rings (SSSR count). The number of sulfone groups is 1. The standard InChI is InChI=1S/C21H21Cl2F2N3O2S/c1-2-31(29,30)15-5-3-14(4-6-15)12-28-13-26-19-17(28)11-16(22)20(18(19)23)27-9-7-21(24,25)8-10-27/h3-6,11,13H,2,7-10,12H2,1H3. The number of benzene rings is 2. The van der Waals surface area contributed by atoms with E-state index in [1.54, 1.807) is 48.5 Å². The van der Waals surface area contributed by atoms with E-state index in [9.17, 15) is 17.2 Å². The van der Waals surface area contributed by atoms with E-state index < -0.39 is 15.8 Å². The van der Waals surface area contributed by atoms with Crippen molar-refractivity contribution < 1.29 is 17.2 Å². The van der Waals surface area contributed by atoms with Gasteiger partial charge in [0.1, 0.15) is 5.52 Å². The Balaban J connectivity index is 1.63. The summed E-state index contributed by atoms with van der Waals surface area (Å²) in [7, 11) is -3.25. The minimum atomic E-state index is -3.25. The minimum Gasteiger partial charge on any atom is -0.369 e. The van der Waals surface area contributed by atoms with Crippen molar-refractivity contribution in [2.75, 3.05) is 23.7 Å². The number of imidazole rings is 1. The van der Waals surface area contributed by atoms with Gasteiger partial charge in [-0.25, -0.2) is 22.2 Å². The summed E-state index contributed by atoms with van der Waals surface area (Å²) in [5.41, 5.74) is 2.68. The molecule has 0 atom stereocenters. The van der Waals surface area contributed by atoms with Crippen LogP contribution in [0.15, 0.2) is 41.6 Å². The molecule has 3 aromatic rings. The molecule has 0 unspecified atom stereocenters. The second-order valence-corrected chi connectivity index (χ2v) is 10.7. The zero-order valence-corrected chi connectivity index (χ0v) is 19.1. The van der Waals surface area contributed by atoms with Crippen LogP contribution in [-0.2, 0) is 16.4 Å². The molecular formula is C21H21Cl2F2N3O2S. The topological polar surface area (TPSA) is 55.2 Å². The van der Waals surface area contributed by atoms with Crippen LogP contribution in [0.4, 0.5) is 14.5 Å². The lowest BCUT2D eigenvalue weighted by Gasteiger charge is -2.34. The minimum absolute atomic E-state index is 0.0481. The van der Waals surface area contributed by atoms with Gasteiger partial charge < -0.3 is 9.47 Å². The molecule has 0 N–H and O–H groups in total. The number of aromatic nitrogens is 2. The van der Waals surface area contributed by atoms with Crippen LogP contribution < -0.4 is 4.90 Å². The van der Waals surface area contributed by atoms with Gasteiger partial charge in [0.05, 0.1) is 38.2 Å². The van der Waals surface area contributed by atoms with E-state index in [4.69, 9.17) is 23.2 Å². The Labute approximate surface area is 189 Å². The Bertz CT molecular complexity index is 1220. The number of fused-ring (bicyclic) bond motifs is 1. The van der Waals surface area contributed by atoms with E-state index in [-0.39, 0.29) is 36.6 Å². The van der Waals surface area contributed by atoms with Crippen LogP contribution >= 0.6 is 23.2 Å². The summed E-state index contributed by atoms with van der Waals surface area (Å²) in [5, 5.41) is 0.727. The highest BCUT2D eigenvalue weighted by Gasteiger charge is 2.35. The van der Waals surface area contributed by atoms with Crippen molar-refractivity contribution in [1.29, 1.82) is 0 Å². The number of anilines is 1. The summed E-state index contributed by atoms with van der Waals surface area (Å²) >= 11 is 13.1. The molecule has 0 spiro atoms. The molecule has 0 aliphatic carbocycles. The monoisotopic (exact) mass is 487 g/mol. The third-order valence-electron chi connectivity index (χ3n) is 5.61. The van der Waals surface area contributed by atoms with Crippen molar-refractivity contribution in [3.8, 4) is 0 Å². The van der Waals surface area contributed by atoms with E-state index in [1.165, 1.54) is 0 Å². The fourth-order valence-electron chi connectivity index (χ4n) is 3.76. The van der Waals surface area contributed by atoms with Crippen LogP contribution in [0.3, 0.4) is 0 Å². The fraction of sp³-hybridized carbons (Fsp3) is 0.381. The highest BCUT2D eigenvalue weighted by molar-refractivity contribution is 7.91. The maximum Gasteiger partial charge on any atom is 0.251 e. The molecule has 1 aliphatic heterocycles. The van der Waals surface area contributed by atoms with Crippen molar-refractivity contribution in [3.63, 3.8) is 0 Å². The maximum atomic E-state index is 13.5. The molecule has 31 heavy (non-hydrogen) atoms. The van der Waals surface area contributed by atoms with Crippen LogP contribution in [0.1, 0.15) is 25.3 Å². The van der Waals surface area contributed by atoms with Gasteiger partial charge in [0.25, 0.3) is 5.92 Å². The quantitative estimate of drug-likeness (QED) is 0.481. The number of halogens is 4. The summed E-state index contributed by atoms with van der Waals surface area (Å²) in [4.78, 5) is 6.49. The summed E-state index contributed by atoms with van der Waals surface area (Å²) in [6.07, 6.45) is 1.16.